The Morgan fingerprint density at radius 2 is 2.20 bits per heavy atom. The van der Waals surface area contributed by atoms with E-state index in [0.717, 1.165) is 0 Å². The summed E-state index contributed by atoms with van der Waals surface area (Å²) < 4.78 is 12.3. The SMILES string of the molecule is CC(C)OCc1nnnn1CC1(C(=O)O)CCOCC1. The van der Waals surface area contributed by atoms with Crippen LogP contribution in [0.2, 0.25) is 0 Å². The molecule has 1 aliphatic heterocycles. The predicted octanol–water partition coefficient (Wildman–Crippen LogP) is 0.479. The average Bonchev–Trinajstić information content (AvgIpc) is 2.84. The second-order valence-corrected chi connectivity index (χ2v) is 5.31. The van der Waals surface area contributed by atoms with E-state index in [1.807, 2.05) is 13.8 Å². The van der Waals surface area contributed by atoms with Gasteiger partial charge in [0.15, 0.2) is 5.82 Å². The summed E-state index contributed by atoms with van der Waals surface area (Å²) in [6, 6.07) is 0. The van der Waals surface area contributed by atoms with E-state index in [0.29, 0.717) is 31.9 Å². The number of hydrogen-bond donors (Lipinski definition) is 1. The molecule has 0 radical (unpaired) electrons. The summed E-state index contributed by atoms with van der Waals surface area (Å²) in [5.74, 6) is -0.280. The van der Waals surface area contributed by atoms with Crippen LogP contribution >= 0.6 is 0 Å². The third kappa shape index (κ3) is 3.31. The van der Waals surface area contributed by atoms with Crippen molar-refractivity contribution in [3.63, 3.8) is 0 Å². The van der Waals surface area contributed by atoms with Crippen molar-refractivity contribution in [1.82, 2.24) is 20.2 Å². The van der Waals surface area contributed by atoms with E-state index in [1.54, 1.807) is 0 Å². The Morgan fingerprint density at radius 1 is 1.50 bits per heavy atom. The molecular formula is C12H20N4O4. The fourth-order valence-corrected chi connectivity index (χ4v) is 2.18. The Labute approximate surface area is 117 Å². The maximum absolute atomic E-state index is 11.6. The molecule has 112 valence electrons. The van der Waals surface area contributed by atoms with Crippen molar-refractivity contribution in [1.29, 1.82) is 0 Å². The van der Waals surface area contributed by atoms with Crippen molar-refractivity contribution >= 4 is 5.97 Å². The lowest BCUT2D eigenvalue weighted by atomic mass is 9.80. The second-order valence-electron chi connectivity index (χ2n) is 5.31. The van der Waals surface area contributed by atoms with Gasteiger partial charge in [0.25, 0.3) is 0 Å². The fraction of sp³-hybridized carbons (Fsp3) is 0.833. The molecule has 8 nitrogen and oxygen atoms in total. The molecule has 8 heteroatoms. The quantitative estimate of drug-likeness (QED) is 0.811. The highest BCUT2D eigenvalue weighted by molar-refractivity contribution is 5.74. The molecule has 0 aromatic carbocycles. The standard InChI is InChI=1S/C12H20N4O4/c1-9(2)20-7-10-13-14-15-16(10)8-12(11(17)18)3-5-19-6-4-12/h9H,3-8H2,1-2H3,(H,17,18). The highest BCUT2D eigenvalue weighted by Gasteiger charge is 2.41. The lowest BCUT2D eigenvalue weighted by Crippen LogP contribution is -2.41. The lowest BCUT2D eigenvalue weighted by Gasteiger charge is -2.32. The molecule has 2 heterocycles. The summed E-state index contributed by atoms with van der Waals surface area (Å²) in [6.07, 6.45) is 0.996. The van der Waals surface area contributed by atoms with E-state index in [4.69, 9.17) is 9.47 Å². The maximum atomic E-state index is 11.6. The van der Waals surface area contributed by atoms with Crippen LogP contribution in [0.25, 0.3) is 0 Å². The summed E-state index contributed by atoms with van der Waals surface area (Å²) in [5.41, 5.74) is -0.861. The van der Waals surface area contributed by atoms with Gasteiger partial charge in [-0.15, -0.1) is 5.10 Å². The van der Waals surface area contributed by atoms with Crippen molar-refractivity contribution in [3.8, 4) is 0 Å². The van der Waals surface area contributed by atoms with Gasteiger partial charge in [-0.1, -0.05) is 0 Å². The van der Waals surface area contributed by atoms with Crippen molar-refractivity contribution in [3.05, 3.63) is 5.82 Å². The molecule has 0 spiro atoms. The third-order valence-electron chi connectivity index (χ3n) is 3.51. The highest BCUT2D eigenvalue weighted by Crippen LogP contribution is 2.32. The van der Waals surface area contributed by atoms with Gasteiger partial charge >= 0.3 is 5.97 Å². The zero-order valence-electron chi connectivity index (χ0n) is 11.8. The molecule has 1 aliphatic rings. The van der Waals surface area contributed by atoms with Gasteiger partial charge < -0.3 is 14.6 Å². The first kappa shape index (κ1) is 14.9. The molecule has 20 heavy (non-hydrogen) atoms. The average molecular weight is 284 g/mol. The van der Waals surface area contributed by atoms with E-state index in [1.165, 1.54) is 4.68 Å². The maximum Gasteiger partial charge on any atom is 0.311 e. The lowest BCUT2D eigenvalue weighted by molar-refractivity contribution is -0.156. The summed E-state index contributed by atoms with van der Waals surface area (Å²) in [5, 5.41) is 20.9. The van der Waals surface area contributed by atoms with Crippen LogP contribution in [-0.4, -0.2) is 50.6 Å². The van der Waals surface area contributed by atoms with Crippen LogP contribution in [0, 0.1) is 5.41 Å². The van der Waals surface area contributed by atoms with Crippen molar-refractivity contribution in [2.24, 2.45) is 5.41 Å². The topological polar surface area (TPSA) is 99.4 Å². The van der Waals surface area contributed by atoms with Gasteiger partial charge in [0, 0.05) is 13.2 Å². The number of aromatic nitrogens is 4. The first-order valence-corrected chi connectivity index (χ1v) is 6.71. The van der Waals surface area contributed by atoms with Crippen LogP contribution in [0.3, 0.4) is 0 Å². The number of aliphatic carboxylic acids is 1. The predicted molar refractivity (Wildman–Crippen MR) is 67.9 cm³/mol. The zero-order valence-corrected chi connectivity index (χ0v) is 11.8. The van der Waals surface area contributed by atoms with Gasteiger partial charge in [0.2, 0.25) is 0 Å². The molecule has 1 N–H and O–H groups in total. The molecule has 0 bridgehead atoms. The normalized spacial score (nSPS) is 18.4. The molecule has 0 saturated carbocycles. The number of nitrogens with zero attached hydrogens (tertiary/aromatic N) is 4. The minimum Gasteiger partial charge on any atom is -0.481 e. The number of rotatable bonds is 6. The zero-order chi connectivity index (χ0) is 14.6. The smallest absolute Gasteiger partial charge is 0.311 e. The number of tetrazole rings is 1. The summed E-state index contributed by atoms with van der Waals surface area (Å²) >= 11 is 0. The van der Waals surface area contributed by atoms with Crippen molar-refractivity contribution < 1.29 is 19.4 Å². The second kappa shape index (κ2) is 6.27. The molecule has 1 saturated heterocycles. The number of ether oxygens (including phenoxy) is 2. The van der Waals surface area contributed by atoms with Crippen LogP contribution in [0.1, 0.15) is 32.5 Å². The molecular weight excluding hydrogens is 264 g/mol. The summed E-state index contributed by atoms with van der Waals surface area (Å²) in [7, 11) is 0. The Hall–Kier alpha value is -1.54. The van der Waals surface area contributed by atoms with E-state index in [2.05, 4.69) is 15.5 Å². The Morgan fingerprint density at radius 3 is 2.80 bits per heavy atom. The minimum absolute atomic E-state index is 0.0664. The van der Waals surface area contributed by atoms with Gasteiger partial charge in [0.1, 0.15) is 6.61 Å². The third-order valence-corrected chi connectivity index (χ3v) is 3.51. The van der Waals surface area contributed by atoms with E-state index in [-0.39, 0.29) is 19.3 Å². The minimum atomic E-state index is -0.861. The molecule has 0 atom stereocenters. The molecule has 1 aromatic rings. The number of carboxylic acids is 1. The number of carboxylic acid groups (broad SMARTS) is 1. The molecule has 2 rings (SSSR count). The molecule has 1 aromatic heterocycles. The Kier molecular flexibility index (Phi) is 4.66. The number of hydrogen-bond acceptors (Lipinski definition) is 6. The van der Waals surface area contributed by atoms with Crippen molar-refractivity contribution in [2.75, 3.05) is 13.2 Å². The molecule has 0 amide bonds. The van der Waals surface area contributed by atoms with Gasteiger partial charge in [-0.2, -0.15) is 0 Å². The monoisotopic (exact) mass is 284 g/mol. The van der Waals surface area contributed by atoms with Gasteiger partial charge in [-0.3, -0.25) is 4.79 Å². The van der Waals surface area contributed by atoms with Gasteiger partial charge in [0.05, 0.1) is 18.1 Å². The van der Waals surface area contributed by atoms with Gasteiger partial charge in [-0.05, 0) is 37.1 Å². The van der Waals surface area contributed by atoms with Crippen LogP contribution in [0.5, 0.6) is 0 Å². The van der Waals surface area contributed by atoms with Crippen LogP contribution in [0.15, 0.2) is 0 Å². The van der Waals surface area contributed by atoms with E-state index in [9.17, 15) is 9.90 Å². The first-order valence-electron chi connectivity index (χ1n) is 6.71. The summed E-state index contributed by atoms with van der Waals surface area (Å²) in [4.78, 5) is 11.6. The molecule has 0 aliphatic carbocycles. The first-order chi connectivity index (χ1) is 9.53. The number of carbonyl (C=O) groups is 1. The molecule has 1 fully saturated rings. The van der Waals surface area contributed by atoms with E-state index < -0.39 is 11.4 Å². The largest absolute Gasteiger partial charge is 0.481 e. The van der Waals surface area contributed by atoms with Crippen molar-refractivity contribution in [2.45, 2.75) is 45.9 Å². The van der Waals surface area contributed by atoms with Crippen LogP contribution < -0.4 is 0 Å². The fourth-order valence-electron chi connectivity index (χ4n) is 2.18. The Bertz CT molecular complexity index is 454. The Balaban J connectivity index is 2.11. The van der Waals surface area contributed by atoms with Crippen LogP contribution in [-0.2, 0) is 27.4 Å². The van der Waals surface area contributed by atoms with Crippen LogP contribution in [0.4, 0.5) is 0 Å². The van der Waals surface area contributed by atoms with E-state index >= 15 is 0 Å². The van der Waals surface area contributed by atoms with Gasteiger partial charge in [-0.25, -0.2) is 4.68 Å². The summed E-state index contributed by atoms with van der Waals surface area (Å²) in [6.45, 7) is 5.27. The highest BCUT2D eigenvalue weighted by atomic mass is 16.5. The molecule has 0 unspecified atom stereocenters.